The van der Waals surface area contributed by atoms with Crippen LogP contribution in [0.3, 0.4) is 0 Å². The third kappa shape index (κ3) is 5.77. The fourth-order valence-corrected chi connectivity index (χ4v) is 1.09. The van der Waals surface area contributed by atoms with Gasteiger partial charge in [-0.15, -0.1) is 12.6 Å². The lowest BCUT2D eigenvalue weighted by Gasteiger charge is -2.12. The van der Waals surface area contributed by atoms with Crippen LogP contribution < -0.4 is 10.6 Å². The van der Waals surface area contributed by atoms with Crippen LogP contribution in [0.15, 0.2) is 15.6 Å². The molecule has 0 unspecified atom stereocenters. The second-order valence-corrected chi connectivity index (χ2v) is 3.65. The van der Waals surface area contributed by atoms with Crippen molar-refractivity contribution in [1.82, 2.24) is 10.6 Å². The van der Waals surface area contributed by atoms with Crippen LogP contribution in [0.1, 0.15) is 26.7 Å². The maximum absolute atomic E-state index is 11.2. The molecule has 0 radical (unpaired) electrons. The largest absolute Gasteiger partial charge is 0.396 e. The van der Waals surface area contributed by atoms with Crippen molar-refractivity contribution in [3.05, 3.63) is 10.6 Å². The van der Waals surface area contributed by atoms with Gasteiger partial charge in [-0.2, -0.15) is 0 Å². The molecule has 0 bridgehead atoms. The van der Waals surface area contributed by atoms with Crippen molar-refractivity contribution in [2.75, 3.05) is 13.7 Å². The SMILES string of the molecule is CC/C(C)=C(\S)NC(=NC)NC(=O)CCO. The van der Waals surface area contributed by atoms with E-state index in [1.165, 1.54) is 0 Å². The summed E-state index contributed by atoms with van der Waals surface area (Å²) in [7, 11) is 1.56. The van der Waals surface area contributed by atoms with Gasteiger partial charge in [-0.25, -0.2) is 0 Å². The molecular formula is C10H19N3O2S. The molecule has 0 saturated heterocycles. The number of amides is 1. The van der Waals surface area contributed by atoms with Crippen molar-refractivity contribution in [1.29, 1.82) is 0 Å². The van der Waals surface area contributed by atoms with Gasteiger partial charge >= 0.3 is 0 Å². The average Bonchev–Trinajstić information content (AvgIpc) is 2.27. The van der Waals surface area contributed by atoms with Gasteiger partial charge in [0.25, 0.3) is 0 Å². The summed E-state index contributed by atoms with van der Waals surface area (Å²) in [4.78, 5) is 15.1. The van der Waals surface area contributed by atoms with Gasteiger partial charge in [0, 0.05) is 7.05 Å². The van der Waals surface area contributed by atoms with Crippen LogP contribution in [-0.2, 0) is 4.79 Å². The summed E-state index contributed by atoms with van der Waals surface area (Å²) in [5, 5.41) is 14.7. The summed E-state index contributed by atoms with van der Waals surface area (Å²) < 4.78 is 0. The lowest BCUT2D eigenvalue weighted by atomic mass is 10.2. The van der Waals surface area contributed by atoms with E-state index in [4.69, 9.17) is 5.11 Å². The zero-order valence-corrected chi connectivity index (χ0v) is 10.8. The molecule has 5 nitrogen and oxygen atoms in total. The van der Waals surface area contributed by atoms with Crippen molar-refractivity contribution in [2.45, 2.75) is 26.7 Å². The van der Waals surface area contributed by atoms with E-state index in [1.807, 2.05) is 13.8 Å². The molecule has 3 N–H and O–H groups in total. The summed E-state index contributed by atoms with van der Waals surface area (Å²) in [6, 6.07) is 0. The minimum absolute atomic E-state index is 0.0546. The lowest BCUT2D eigenvalue weighted by molar-refractivity contribution is -0.120. The third-order valence-electron chi connectivity index (χ3n) is 1.99. The van der Waals surface area contributed by atoms with E-state index < -0.39 is 0 Å². The number of carbonyl (C=O) groups is 1. The first kappa shape index (κ1) is 15.0. The van der Waals surface area contributed by atoms with E-state index in [-0.39, 0.29) is 18.9 Å². The number of thiol groups is 1. The first-order valence-corrected chi connectivity index (χ1v) is 5.53. The number of hydrogen-bond donors (Lipinski definition) is 4. The number of guanidine groups is 1. The van der Waals surface area contributed by atoms with Crippen LogP contribution in [0.5, 0.6) is 0 Å². The Morgan fingerprint density at radius 1 is 1.44 bits per heavy atom. The van der Waals surface area contributed by atoms with Crippen molar-refractivity contribution in [3.8, 4) is 0 Å². The number of nitrogens with zero attached hydrogens (tertiary/aromatic N) is 1. The van der Waals surface area contributed by atoms with Crippen LogP contribution in [0, 0.1) is 0 Å². The fourth-order valence-electron chi connectivity index (χ4n) is 0.825. The molecule has 0 spiro atoms. The number of carbonyl (C=O) groups excluding carboxylic acids is 1. The highest BCUT2D eigenvalue weighted by Gasteiger charge is 2.06. The molecule has 0 aliphatic heterocycles. The van der Waals surface area contributed by atoms with Gasteiger partial charge in [0.05, 0.1) is 18.1 Å². The molecule has 0 aliphatic carbocycles. The number of hydrogen-bond acceptors (Lipinski definition) is 4. The van der Waals surface area contributed by atoms with E-state index in [0.29, 0.717) is 11.0 Å². The molecule has 1 amide bonds. The molecule has 0 aromatic rings. The Morgan fingerprint density at radius 2 is 2.06 bits per heavy atom. The Bertz CT molecular complexity index is 300. The molecule has 0 aliphatic rings. The number of aliphatic imine (C=N–C) groups is 1. The molecule has 92 valence electrons. The molecule has 0 heterocycles. The highest BCUT2D eigenvalue weighted by Crippen LogP contribution is 2.07. The predicted octanol–water partition coefficient (Wildman–Crippen LogP) is 0.632. The number of nitrogens with one attached hydrogen (secondary N) is 2. The highest BCUT2D eigenvalue weighted by molar-refractivity contribution is 7.84. The number of aliphatic hydroxyl groups excluding tert-OH is 1. The Labute approximate surface area is 101 Å². The van der Waals surface area contributed by atoms with Crippen LogP contribution in [-0.4, -0.2) is 30.6 Å². The van der Waals surface area contributed by atoms with Crippen LogP contribution in [0.2, 0.25) is 0 Å². The Hall–Kier alpha value is -1.01. The molecule has 0 aromatic heterocycles. The quantitative estimate of drug-likeness (QED) is 0.333. The molecule has 6 heteroatoms. The first-order chi connectivity index (χ1) is 7.54. The molecule has 16 heavy (non-hydrogen) atoms. The van der Waals surface area contributed by atoms with Gasteiger partial charge in [0.15, 0.2) is 0 Å². The van der Waals surface area contributed by atoms with Crippen molar-refractivity contribution in [3.63, 3.8) is 0 Å². The minimum atomic E-state index is -0.286. The van der Waals surface area contributed by atoms with E-state index in [0.717, 1.165) is 12.0 Å². The third-order valence-corrected chi connectivity index (χ3v) is 2.49. The van der Waals surface area contributed by atoms with Crippen molar-refractivity contribution >= 4 is 24.5 Å². The van der Waals surface area contributed by atoms with E-state index in [1.54, 1.807) is 7.05 Å². The van der Waals surface area contributed by atoms with Crippen LogP contribution in [0.25, 0.3) is 0 Å². The zero-order valence-electron chi connectivity index (χ0n) is 9.87. The maximum atomic E-state index is 11.2. The van der Waals surface area contributed by atoms with Crippen LogP contribution in [0.4, 0.5) is 0 Å². The smallest absolute Gasteiger partial charge is 0.228 e. The summed E-state index contributed by atoms with van der Waals surface area (Å²) in [5.74, 6) is 0.0436. The normalized spacial score (nSPS) is 13.2. The van der Waals surface area contributed by atoms with Crippen molar-refractivity contribution in [2.24, 2.45) is 4.99 Å². The van der Waals surface area contributed by atoms with Gasteiger partial charge in [0.2, 0.25) is 11.9 Å². The predicted molar refractivity (Wildman–Crippen MR) is 68.3 cm³/mol. The van der Waals surface area contributed by atoms with Crippen LogP contribution >= 0.6 is 12.6 Å². The summed E-state index contributed by atoms with van der Waals surface area (Å²) in [6.07, 6.45) is 0.923. The summed E-state index contributed by atoms with van der Waals surface area (Å²) in [6.45, 7) is 3.78. The monoisotopic (exact) mass is 245 g/mol. The van der Waals surface area contributed by atoms with Gasteiger partial charge in [-0.1, -0.05) is 6.92 Å². The van der Waals surface area contributed by atoms with E-state index in [2.05, 4.69) is 28.3 Å². The second kappa shape index (κ2) is 8.18. The second-order valence-electron chi connectivity index (χ2n) is 3.20. The molecule has 0 fully saturated rings. The summed E-state index contributed by atoms with van der Waals surface area (Å²) >= 11 is 4.26. The minimum Gasteiger partial charge on any atom is -0.396 e. The lowest BCUT2D eigenvalue weighted by Crippen LogP contribution is -2.40. The van der Waals surface area contributed by atoms with Gasteiger partial charge < -0.3 is 10.4 Å². The fraction of sp³-hybridized carbons (Fsp3) is 0.600. The first-order valence-electron chi connectivity index (χ1n) is 5.08. The maximum Gasteiger partial charge on any atom is 0.228 e. The Balaban J connectivity index is 4.39. The molecule has 0 aromatic carbocycles. The van der Waals surface area contributed by atoms with E-state index in [9.17, 15) is 4.79 Å². The number of allylic oxidation sites excluding steroid dienone is 1. The number of aliphatic hydroxyl groups is 1. The molecule has 0 saturated carbocycles. The molecular weight excluding hydrogens is 226 g/mol. The van der Waals surface area contributed by atoms with Gasteiger partial charge in [-0.3, -0.25) is 15.1 Å². The number of rotatable bonds is 4. The van der Waals surface area contributed by atoms with Gasteiger partial charge in [-0.05, 0) is 18.9 Å². The standard InChI is InChI=1S/C10H19N3O2S/c1-4-7(2)9(16)13-10(11-3)12-8(15)5-6-14/h14,16H,4-6H2,1-3H3,(H2,11,12,13,15)/b9-7-. The summed E-state index contributed by atoms with van der Waals surface area (Å²) in [5.41, 5.74) is 1.07. The molecule has 0 atom stereocenters. The zero-order chi connectivity index (χ0) is 12.6. The van der Waals surface area contributed by atoms with E-state index >= 15 is 0 Å². The Kier molecular flexibility index (Phi) is 7.66. The molecule has 0 rings (SSSR count). The van der Waals surface area contributed by atoms with Gasteiger partial charge in [0.1, 0.15) is 0 Å². The Morgan fingerprint density at radius 3 is 2.50 bits per heavy atom. The van der Waals surface area contributed by atoms with Crippen molar-refractivity contribution < 1.29 is 9.90 Å². The topological polar surface area (TPSA) is 73.7 Å². The highest BCUT2D eigenvalue weighted by atomic mass is 32.1. The average molecular weight is 245 g/mol.